The molecule has 1 N–H and O–H groups in total. The maximum atomic E-state index is 12.0. The van der Waals surface area contributed by atoms with Gasteiger partial charge in [-0.25, -0.2) is 4.79 Å². The smallest absolute Gasteiger partial charge is 0.410 e. The Labute approximate surface area is 102 Å². The number of amides is 1. The van der Waals surface area contributed by atoms with Crippen LogP contribution in [0.3, 0.4) is 0 Å². The lowest BCUT2D eigenvalue weighted by atomic mass is 10.0. The van der Waals surface area contributed by atoms with Gasteiger partial charge in [0.15, 0.2) is 0 Å². The molecule has 5 nitrogen and oxygen atoms in total. The molecular weight excluding hydrogens is 220 g/mol. The van der Waals surface area contributed by atoms with Gasteiger partial charge >= 0.3 is 6.09 Å². The minimum Gasteiger partial charge on any atom is -0.444 e. The summed E-state index contributed by atoms with van der Waals surface area (Å²) in [6.07, 6.45) is 0.588. The van der Waals surface area contributed by atoms with Crippen molar-refractivity contribution in [1.82, 2.24) is 9.80 Å². The monoisotopic (exact) mass is 242 g/mol. The highest BCUT2D eigenvalue weighted by molar-refractivity contribution is 5.69. The highest BCUT2D eigenvalue weighted by Gasteiger charge is 2.54. The Balaban J connectivity index is 2.05. The molecule has 2 rings (SSSR count). The van der Waals surface area contributed by atoms with Gasteiger partial charge in [0.05, 0.1) is 12.1 Å². The van der Waals surface area contributed by atoms with E-state index in [0.717, 1.165) is 13.0 Å². The van der Waals surface area contributed by atoms with Gasteiger partial charge in [-0.1, -0.05) is 0 Å². The molecule has 2 saturated heterocycles. The van der Waals surface area contributed by atoms with Crippen molar-refractivity contribution in [3.05, 3.63) is 0 Å². The van der Waals surface area contributed by atoms with Crippen LogP contribution in [0, 0.1) is 0 Å². The molecule has 2 unspecified atom stereocenters. The lowest BCUT2D eigenvalue weighted by Crippen LogP contribution is -2.56. The molecule has 5 heteroatoms. The van der Waals surface area contributed by atoms with Crippen LogP contribution in [0.1, 0.15) is 27.2 Å². The molecule has 0 radical (unpaired) electrons. The minimum atomic E-state index is -0.461. The van der Waals surface area contributed by atoms with Crippen molar-refractivity contribution >= 4 is 6.09 Å². The van der Waals surface area contributed by atoms with Gasteiger partial charge in [-0.2, -0.15) is 0 Å². The van der Waals surface area contributed by atoms with E-state index in [1.165, 1.54) is 0 Å². The van der Waals surface area contributed by atoms with Crippen molar-refractivity contribution in [2.45, 2.75) is 44.4 Å². The molecule has 17 heavy (non-hydrogen) atoms. The quantitative estimate of drug-likeness (QED) is 0.734. The minimum absolute atomic E-state index is 0.0965. The van der Waals surface area contributed by atoms with E-state index in [1.54, 1.807) is 4.90 Å². The second-order valence-electron chi connectivity index (χ2n) is 6.23. The summed E-state index contributed by atoms with van der Waals surface area (Å²) in [6, 6.07) is 0.182. The summed E-state index contributed by atoms with van der Waals surface area (Å²) in [4.78, 5) is 15.9. The molecule has 2 atom stereocenters. The van der Waals surface area contributed by atoms with Crippen LogP contribution in [0.5, 0.6) is 0 Å². The first-order valence-electron chi connectivity index (χ1n) is 6.09. The van der Waals surface area contributed by atoms with Crippen LogP contribution in [0.4, 0.5) is 4.79 Å². The van der Waals surface area contributed by atoms with Crippen molar-refractivity contribution in [3.8, 4) is 0 Å². The van der Waals surface area contributed by atoms with Gasteiger partial charge in [0.2, 0.25) is 0 Å². The van der Waals surface area contributed by atoms with E-state index < -0.39 is 5.60 Å². The fourth-order valence-electron chi connectivity index (χ4n) is 2.78. The Bertz CT molecular complexity index is 326. The molecule has 0 aliphatic carbocycles. The van der Waals surface area contributed by atoms with Gasteiger partial charge < -0.3 is 14.7 Å². The first-order valence-corrected chi connectivity index (χ1v) is 6.09. The van der Waals surface area contributed by atoms with Crippen LogP contribution in [0.2, 0.25) is 0 Å². The third-order valence-electron chi connectivity index (χ3n) is 3.74. The Hall–Kier alpha value is -0.810. The van der Waals surface area contributed by atoms with Gasteiger partial charge in [-0.05, 0) is 34.2 Å². The number of nitrogens with zero attached hydrogens (tertiary/aromatic N) is 2. The predicted molar refractivity (Wildman–Crippen MR) is 63.8 cm³/mol. The van der Waals surface area contributed by atoms with Crippen molar-refractivity contribution < 1.29 is 14.6 Å². The second-order valence-corrected chi connectivity index (χ2v) is 6.23. The number of rotatable bonds is 1. The Morgan fingerprint density at radius 3 is 2.65 bits per heavy atom. The largest absolute Gasteiger partial charge is 0.444 e. The normalized spacial score (nSPS) is 33.2. The summed E-state index contributed by atoms with van der Waals surface area (Å²) in [5.41, 5.74) is -0.710. The van der Waals surface area contributed by atoms with Crippen molar-refractivity contribution in [1.29, 1.82) is 0 Å². The molecule has 98 valence electrons. The second kappa shape index (κ2) is 3.85. The van der Waals surface area contributed by atoms with E-state index in [9.17, 15) is 9.90 Å². The van der Waals surface area contributed by atoms with E-state index in [-0.39, 0.29) is 24.3 Å². The number of carbonyl (C=O) groups is 1. The maximum Gasteiger partial charge on any atom is 0.410 e. The molecule has 2 bridgehead atoms. The number of hydrogen-bond acceptors (Lipinski definition) is 4. The van der Waals surface area contributed by atoms with E-state index in [0.29, 0.717) is 6.54 Å². The number of ether oxygens (including phenoxy) is 1. The molecule has 0 aromatic rings. The number of piperazine rings is 1. The number of aliphatic hydroxyl groups excluding tert-OH is 1. The molecule has 2 heterocycles. The molecule has 0 aromatic heterocycles. The number of likely N-dealkylation sites (N-methyl/N-ethyl adjacent to an activating group) is 1. The van der Waals surface area contributed by atoms with Gasteiger partial charge in [0.1, 0.15) is 5.60 Å². The van der Waals surface area contributed by atoms with Gasteiger partial charge in [0.25, 0.3) is 0 Å². The molecule has 2 aliphatic rings. The van der Waals surface area contributed by atoms with E-state index in [4.69, 9.17) is 4.74 Å². The summed E-state index contributed by atoms with van der Waals surface area (Å²) in [7, 11) is 2.00. The molecular formula is C12H22N2O3. The van der Waals surface area contributed by atoms with Crippen LogP contribution in [0.25, 0.3) is 0 Å². The lowest BCUT2D eigenvalue weighted by molar-refractivity contribution is -0.000792. The zero-order chi connectivity index (χ0) is 12.8. The highest BCUT2D eigenvalue weighted by atomic mass is 16.6. The van der Waals surface area contributed by atoms with Crippen molar-refractivity contribution in [2.24, 2.45) is 0 Å². The number of carbonyl (C=O) groups excluding carboxylic acids is 1. The summed E-state index contributed by atoms with van der Waals surface area (Å²) in [6.45, 7) is 7.09. The first-order chi connectivity index (χ1) is 7.77. The van der Waals surface area contributed by atoms with Crippen LogP contribution in [-0.4, -0.2) is 64.9 Å². The van der Waals surface area contributed by atoms with Gasteiger partial charge in [-0.15, -0.1) is 0 Å². The Kier molecular flexibility index (Phi) is 2.86. The number of hydrogen-bond donors (Lipinski definition) is 1. The van der Waals surface area contributed by atoms with Gasteiger partial charge in [-0.3, -0.25) is 4.90 Å². The van der Waals surface area contributed by atoms with Crippen LogP contribution < -0.4 is 0 Å². The van der Waals surface area contributed by atoms with Crippen LogP contribution >= 0.6 is 0 Å². The molecule has 0 saturated carbocycles. The number of likely N-dealkylation sites (tertiary alicyclic amines) is 2. The van der Waals surface area contributed by atoms with E-state index in [1.807, 2.05) is 27.8 Å². The summed E-state index contributed by atoms with van der Waals surface area (Å²) >= 11 is 0. The SMILES string of the molecule is CN1CC2CC1(CO)CN2C(=O)OC(C)(C)C. The fraction of sp³-hybridized carbons (Fsp3) is 0.917. The maximum absolute atomic E-state index is 12.0. The zero-order valence-corrected chi connectivity index (χ0v) is 11.1. The zero-order valence-electron chi connectivity index (χ0n) is 11.1. The van der Waals surface area contributed by atoms with Crippen LogP contribution in [0.15, 0.2) is 0 Å². The average Bonchev–Trinajstić information content (AvgIpc) is 2.69. The van der Waals surface area contributed by atoms with Crippen molar-refractivity contribution in [3.63, 3.8) is 0 Å². The lowest BCUT2D eigenvalue weighted by Gasteiger charge is -2.39. The Morgan fingerprint density at radius 1 is 1.53 bits per heavy atom. The predicted octanol–water partition coefficient (Wildman–Crippen LogP) is 0.672. The van der Waals surface area contributed by atoms with Crippen LogP contribution in [-0.2, 0) is 4.74 Å². The molecule has 2 fully saturated rings. The molecule has 0 spiro atoms. The standard InChI is InChI=1S/C12H22N2O3/c1-11(2,3)17-10(16)14-7-12(8-15)5-9(14)6-13(12)4/h9,15H,5-8H2,1-4H3. The summed E-state index contributed by atoms with van der Waals surface area (Å²) in [5.74, 6) is 0. The Morgan fingerprint density at radius 2 is 2.18 bits per heavy atom. The summed E-state index contributed by atoms with van der Waals surface area (Å²) < 4.78 is 5.39. The highest BCUT2D eigenvalue weighted by Crippen LogP contribution is 2.39. The molecule has 2 aliphatic heterocycles. The first kappa shape index (κ1) is 12.6. The number of fused-ring (bicyclic) bond motifs is 2. The fourth-order valence-corrected chi connectivity index (χ4v) is 2.78. The van der Waals surface area contributed by atoms with Gasteiger partial charge in [0, 0.05) is 19.1 Å². The van der Waals surface area contributed by atoms with E-state index in [2.05, 4.69) is 4.90 Å². The molecule has 0 aromatic carbocycles. The topological polar surface area (TPSA) is 53.0 Å². The van der Waals surface area contributed by atoms with Crippen molar-refractivity contribution in [2.75, 3.05) is 26.7 Å². The molecule has 1 amide bonds. The third-order valence-corrected chi connectivity index (χ3v) is 3.74. The summed E-state index contributed by atoms with van der Waals surface area (Å²) in [5, 5.41) is 9.53. The average molecular weight is 242 g/mol. The third kappa shape index (κ3) is 2.13. The number of aliphatic hydroxyl groups is 1. The van der Waals surface area contributed by atoms with E-state index >= 15 is 0 Å².